The predicted octanol–water partition coefficient (Wildman–Crippen LogP) is 1.28. The molecule has 0 N–H and O–H groups in total. The molecule has 3 heteroatoms. The van der Waals surface area contributed by atoms with Crippen molar-refractivity contribution in [3.8, 4) is 0 Å². The van der Waals surface area contributed by atoms with E-state index in [0.717, 1.165) is 26.1 Å². The van der Waals surface area contributed by atoms with Crippen molar-refractivity contribution in [3.05, 3.63) is 0 Å². The molecule has 2 aliphatic heterocycles. The van der Waals surface area contributed by atoms with Crippen LogP contribution in [-0.2, 0) is 9.53 Å². The molecule has 2 unspecified atom stereocenters. The highest BCUT2D eigenvalue weighted by Gasteiger charge is 2.39. The molecule has 0 aliphatic carbocycles. The number of ether oxygens (including phenoxy) is 1. The van der Waals surface area contributed by atoms with Crippen molar-refractivity contribution in [3.63, 3.8) is 0 Å². The summed E-state index contributed by atoms with van der Waals surface area (Å²) in [7, 11) is 0. The van der Waals surface area contributed by atoms with E-state index in [1.54, 1.807) is 0 Å². The second-order valence-corrected chi connectivity index (χ2v) is 5.52. The van der Waals surface area contributed by atoms with Crippen molar-refractivity contribution in [2.45, 2.75) is 33.3 Å². The van der Waals surface area contributed by atoms with Gasteiger partial charge < -0.3 is 9.64 Å². The van der Waals surface area contributed by atoms with Crippen molar-refractivity contribution >= 4 is 5.91 Å². The predicted molar refractivity (Wildman–Crippen MR) is 53.9 cm³/mol. The Labute approximate surface area is 85.4 Å². The van der Waals surface area contributed by atoms with Crippen molar-refractivity contribution in [1.29, 1.82) is 0 Å². The van der Waals surface area contributed by atoms with E-state index >= 15 is 0 Å². The van der Waals surface area contributed by atoms with E-state index in [0.29, 0.717) is 17.9 Å². The number of epoxide rings is 1. The molecule has 0 aromatic heterocycles. The van der Waals surface area contributed by atoms with Gasteiger partial charge >= 0.3 is 0 Å². The van der Waals surface area contributed by atoms with Crippen LogP contribution in [0, 0.1) is 11.3 Å². The monoisotopic (exact) mass is 197 g/mol. The van der Waals surface area contributed by atoms with Gasteiger partial charge in [-0.15, -0.1) is 0 Å². The number of hydrogen-bond donors (Lipinski definition) is 0. The Kier molecular flexibility index (Phi) is 2.30. The average Bonchev–Trinajstić information content (AvgIpc) is 2.76. The molecule has 2 heterocycles. The molecule has 0 spiro atoms. The molecule has 0 saturated carbocycles. The average molecular weight is 197 g/mol. The first kappa shape index (κ1) is 9.97. The van der Waals surface area contributed by atoms with E-state index in [-0.39, 0.29) is 5.41 Å². The topological polar surface area (TPSA) is 32.8 Å². The van der Waals surface area contributed by atoms with Gasteiger partial charge in [0.15, 0.2) is 0 Å². The van der Waals surface area contributed by atoms with E-state index in [1.807, 2.05) is 4.90 Å². The number of likely N-dealkylation sites (tertiary alicyclic amines) is 1. The summed E-state index contributed by atoms with van der Waals surface area (Å²) in [4.78, 5) is 13.6. The minimum atomic E-state index is 0.245. The zero-order chi connectivity index (χ0) is 10.3. The Morgan fingerprint density at radius 1 is 1.50 bits per heavy atom. The fourth-order valence-corrected chi connectivity index (χ4v) is 1.95. The highest BCUT2D eigenvalue weighted by atomic mass is 16.6. The van der Waals surface area contributed by atoms with Crippen LogP contribution in [0.25, 0.3) is 0 Å². The van der Waals surface area contributed by atoms with E-state index in [9.17, 15) is 4.79 Å². The zero-order valence-electron chi connectivity index (χ0n) is 9.25. The van der Waals surface area contributed by atoms with E-state index in [4.69, 9.17) is 4.74 Å². The van der Waals surface area contributed by atoms with Gasteiger partial charge in [0.25, 0.3) is 0 Å². The molecule has 14 heavy (non-hydrogen) atoms. The third-order valence-electron chi connectivity index (χ3n) is 3.27. The van der Waals surface area contributed by atoms with Crippen LogP contribution < -0.4 is 0 Å². The number of rotatable bonds is 2. The van der Waals surface area contributed by atoms with E-state index in [1.165, 1.54) is 0 Å². The van der Waals surface area contributed by atoms with Crippen LogP contribution in [0.2, 0.25) is 0 Å². The smallest absolute Gasteiger partial charge is 0.223 e. The molecular formula is C11H19NO2. The molecule has 2 aliphatic rings. The van der Waals surface area contributed by atoms with Crippen LogP contribution >= 0.6 is 0 Å². The number of carbonyl (C=O) groups is 1. The number of amides is 1. The molecule has 80 valence electrons. The molecule has 0 aromatic rings. The molecule has 0 bridgehead atoms. The van der Waals surface area contributed by atoms with Crippen LogP contribution in [0.15, 0.2) is 0 Å². The van der Waals surface area contributed by atoms with Crippen molar-refractivity contribution in [2.75, 3.05) is 19.7 Å². The van der Waals surface area contributed by atoms with Gasteiger partial charge in [-0.05, 0) is 11.3 Å². The first-order chi connectivity index (χ1) is 6.47. The first-order valence-electron chi connectivity index (χ1n) is 5.36. The Hall–Kier alpha value is -0.570. The molecule has 2 atom stereocenters. The standard InChI is InChI=1S/C11H19NO2/c1-11(2,3)8-4-10(13)12(5-8)6-9-7-14-9/h8-9H,4-7H2,1-3H3. The summed E-state index contributed by atoms with van der Waals surface area (Å²) < 4.78 is 5.15. The maximum atomic E-state index is 11.7. The Bertz CT molecular complexity index is 240. The second-order valence-electron chi connectivity index (χ2n) is 5.52. The summed E-state index contributed by atoms with van der Waals surface area (Å²) in [5.41, 5.74) is 0.245. The quantitative estimate of drug-likeness (QED) is 0.625. The molecule has 0 aromatic carbocycles. The third kappa shape index (κ3) is 2.08. The van der Waals surface area contributed by atoms with E-state index < -0.39 is 0 Å². The fraction of sp³-hybridized carbons (Fsp3) is 0.909. The van der Waals surface area contributed by atoms with Crippen LogP contribution in [0.4, 0.5) is 0 Å². The highest BCUT2D eigenvalue weighted by Crippen LogP contribution is 2.34. The van der Waals surface area contributed by atoms with Gasteiger partial charge in [-0.1, -0.05) is 20.8 Å². The summed E-state index contributed by atoms with van der Waals surface area (Å²) >= 11 is 0. The molecule has 1 amide bonds. The summed E-state index contributed by atoms with van der Waals surface area (Å²) in [6.07, 6.45) is 1.05. The lowest BCUT2D eigenvalue weighted by atomic mass is 9.80. The number of hydrogen-bond acceptors (Lipinski definition) is 2. The number of nitrogens with zero attached hydrogens (tertiary/aromatic N) is 1. The minimum absolute atomic E-state index is 0.245. The van der Waals surface area contributed by atoms with Gasteiger partial charge in [-0.3, -0.25) is 4.79 Å². The third-order valence-corrected chi connectivity index (χ3v) is 3.27. The summed E-state index contributed by atoms with van der Waals surface area (Å²) in [5.74, 6) is 0.814. The molecule has 2 saturated heterocycles. The van der Waals surface area contributed by atoms with Gasteiger partial charge in [-0.2, -0.15) is 0 Å². The molecule has 2 rings (SSSR count). The van der Waals surface area contributed by atoms with E-state index in [2.05, 4.69) is 20.8 Å². The summed E-state index contributed by atoms with van der Waals surface area (Å²) in [5, 5.41) is 0. The van der Waals surface area contributed by atoms with Crippen molar-refractivity contribution < 1.29 is 9.53 Å². The lowest BCUT2D eigenvalue weighted by Gasteiger charge is -2.26. The molecule has 3 nitrogen and oxygen atoms in total. The van der Waals surface area contributed by atoms with Crippen LogP contribution in [-0.4, -0.2) is 36.6 Å². The SMILES string of the molecule is CC(C)(C)C1CC(=O)N(CC2CO2)C1. The summed E-state index contributed by atoms with van der Waals surface area (Å²) in [6, 6.07) is 0. The molecular weight excluding hydrogens is 178 g/mol. The normalized spacial score (nSPS) is 32.5. The van der Waals surface area contributed by atoms with Gasteiger partial charge in [0.1, 0.15) is 0 Å². The largest absolute Gasteiger partial charge is 0.371 e. The van der Waals surface area contributed by atoms with Gasteiger partial charge in [0, 0.05) is 19.5 Å². The molecule has 2 fully saturated rings. The van der Waals surface area contributed by atoms with Crippen LogP contribution in [0.3, 0.4) is 0 Å². The molecule has 0 radical (unpaired) electrons. The first-order valence-corrected chi connectivity index (χ1v) is 5.36. The zero-order valence-corrected chi connectivity index (χ0v) is 9.25. The maximum Gasteiger partial charge on any atom is 0.223 e. The highest BCUT2D eigenvalue weighted by molar-refractivity contribution is 5.78. The van der Waals surface area contributed by atoms with Gasteiger partial charge in [0.2, 0.25) is 5.91 Å². The van der Waals surface area contributed by atoms with Crippen molar-refractivity contribution in [2.24, 2.45) is 11.3 Å². The van der Waals surface area contributed by atoms with Crippen LogP contribution in [0.1, 0.15) is 27.2 Å². The lowest BCUT2D eigenvalue weighted by molar-refractivity contribution is -0.128. The second kappa shape index (κ2) is 3.23. The Morgan fingerprint density at radius 3 is 2.57 bits per heavy atom. The van der Waals surface area contributed by atoms with Gasteiger partial charge in [-0.25, -0.2) is 0 Å². The maximum absolute atomic E-state index is 11.7. The fourth-order valence-electron chi connectivity index (χ4n) is 1.95. The van der Waals surface area contributed by atoms with Gasteiger partial charge in [0.05, 0.1) is 12.7 Å². The van der Waals surface area contributed by atoms with Crippen LogP contribution in [0.5, 0.6) is 0 Å². The number of carbonyl (C=O) groups excluding carboxylic acids is 1. The Morgan fingerprint density at radius 2 is 2.14 bits per heavy atom. The summed E-state index contributed by atoms with van der Waals surface area (Å²) in [6.45, 7) is 9.20. The Balaban J connectivity index is 1.92. The van der Waals surface area contributed by atoms with Crippen molar-refractivity contribution in [1.82, 2.24) is 4.90 Å². The minimum Gasteiger partial charge on any atom is -0.371 e. The lowest BCUT2D eigenvalue weighted by Crippen LogP contribution is -2.30.